The quantitative estimate of drug-likeness (QED) is 0.161. The topological polar surface area (TPSA) is 183 Å². The fourth-order valence-corrected chi connectivity index (χ4v) is 8.17. The molecule has 278 valence electrons. The number of fused-ring (bicyclic) bond motifs is 2. The predicted octanol–water partition coefficient (Wildman–Crippen LogP) is 3.94. The van der Waals surface area contributed by atoms with Crippen molar-refractivity contribution in [1.82, 2.24) is 9.62 Å². The van der Waals surface area contributed by atoms with E-state index in [0.29, 0.717) is 35.8 Å². The standard InChI is InChI=1S/C37H43N3O11S/c1-22(2)18-40(19-33(42)32(15-24-7-5-4-6-8-24)39-37(44)51-34-21-49-36-28(34)13-14-47-36)52(45,46)27-11-12-31-29(17-27)30(35(43)38-31)16-25-9-10-26(50-25)20-48-23(3)41/h4-12,16-17,22,28,32-34,36,42H,13-15,18-21H2,1-3H3,(H,38,43)(H,39,44)/b30-16-/t28?,32-,33+,34?,36?/m0/s1. The van der Waals surface area contributed by atoms with Gasteiger partial charge in [-0.05, 0) is 60.7 Å². The van der Waals surface area contributed by atoms with Crippen LogP contribution in [-0.4, -0.2) is 86.6 Å². The van der Waals surface area contributed by atoms with Gasteiger partial charge >= 0.3 is 12.1 Å². The average molecular weight is 738 g/mol. The van der Waals surface area contributed by atoms with E-state index in [1.165, 1.54) is 35.5 Å². The van der Waals surface area contributed by atoms with Crippen LogP contribution in [0, 0.1) is 11.8 Å². The van der Waals surface area contributed by atoms with E-state index < -0.39 is 52.5 Å². The minimum Gasteiger partial charge on any atom is -0.458 e. The first kappa shape index (κ1) is 37.2. The molecule has 3 N–H and O–H groups in total. The molecule has 2 fully saturated rings. The summed E-state index contributed by atoms with van der Waals surface area (Å²) >= 11 is 0. The fraction of sp³-hybridized carbons (Fsp3) is 0.432. The molecular formula is C37H43N3O11S. The van der Waals surface area contributed by atoms with E-state index >= 15 is 0 Å². The van der Waals surface area contributed by atoms with Gasteiger partial charge in [-0.2, -0.15) is 4.31 Å². The van der Waals surface area contributed by atoms with E-state index in [4.69, 9.17) is 23.4 Å². The van der Waals surface area contributed by atoms with Gasteiger partial charge in [-0.3, -0.25) is 9.59 Å². The van der Waals surface area contributed by atoms with Crippen LogP contribution in [0.5, 0.6) is 0 Å². The first-order valence-corrected chi connectivity index (χ1v) is 18.6. The first-order chi connectivity index (χ1) is 24.9. The number of amides is 2. The van der Waals surface area contributed by atoms with Gasteiger partial charge in [0.25, 0.3) is 5.91 Å². The Labute approximate surface area is 302 Å². The molecule has 0 radical (unpaired) electrons. The number of sulfonamides is 1. The molecule has 14 nitrogen and oxygen atoms in total. The molecule has 5 atom stereocenters. The maximum absolute atomic E-state index is 14.3. The molecule has 3 unspecified atom stereocenters. The Morgan fingerprint density at radius 3 is 2.63 bits per heavy atom. The summed E-state index contributed by atoms with van der Waals surface area (Å²) in [5.41, 5.74) is 1.78. The van der Waals surface area contributed by atoms with Crippen LogP contribution in [0.15, 0.2) is 70.0 Å². The van der Waals surface area contributed by atoms with Crippen molar-refractivity contribution >= 4 is 45.3 Å². The summed E-state index contributed by atoms with van der Waals surface area (Å²) in [7, 11) is -4.24. The molecule has 3 aromatic rings. The Bertz CT molecular complexity index is 1910. The zero-order valence-electron chi connectivity index (χ0n) is 29.1. The molecule has 0 aliphatic carbocycles. The molecular weight excluding hydrogens is 694 g/mol. The Hall–Kier alpha value is -4.54. The van der Waals surface area contributed by atoms with Gasteiger partial charge in [-0.15, -0.1) is 0 Å². The van der Waals surface area contributed by atoms with E-state index in [9.17, 15) is 27.9 Å². The van der Waals surface area contributed by atoms with E-state index in [1.807, 2.05) is 44.2 Å². The van der Waals surface area contributed by atoms with Crippen molar-refractivity contribution in [3.63, 3.8) is 0 Å². The van der Waals surface area contributed by atoms with Gasteiger partial charge in [0, 0.05) is 31.3 Å². The van der Waals surface area contributed by atoms with Crippen molar-refractivity contribution in [2.75, 3.05) is 31.6 Å². The van der Waals surface area contributed by atoms with E-state index in [2.05, 4.69) is 10.6 Å². The van der Waals surface area contributed by atoms with Crippen LogP contribution in [0.3, 0.4) is 0 Å². The largest absolute Gasteiger partial charge is 0.458 e. The Balaban J connectivity index is 1.22. The zero-order chi connectivity index (χ0) is 37.0. The third-order valence-electron chi connectivity index (χ3n) is 9.07. The molecule has 0 bridgehead atoms. The molecule has 6 rings (SSSR count). The number of nitrogens with zero attached hydrogens (tertiary/aromatic N) is 1. The second kappa shape index (κ2) is 16.0. The SMILES string of the molecule is CC(=O)OCc1ccc(/C=C2\C(=O)Nc3ccc(S(=O)(=O)N(CC(C)C)C[C@@H](O)[C@H](Cc4ccccc4)NC(=O)OC4COC5OCCC45)cc32)o1. The molecule has 2 saturated heterocycles. The molecule has 3 aliphatic rings. The molecule has 1 aromatic heterocycles. The number of carbonyl (C=O) groups is 3. The summed E-state index contributed by atoms with van der Waals surface area (Å²) in [6, 6.07) is 15.9. The summed E-state index contributed by atoms with van der Waals surface area (Å²) in [4.78, 5) is 37.3. The fourth-order valence-electron chi connectivity index (χ4n) is 6.52. The lowest BCUT2D eigenvalue weighted by molar-refractivity contribution is -0.142. The minimum atomic E-state index is -4.24. The maximum Gasteiger partial charge on any atom is 0.407 e. The van der Waals surface area contributed by atoms with E-state index in [0.717, 1.165) is 5.56 Å². The number of aliphatic hydroxyl groups is 1. The zero-order valence-corrected chi connectivity index (χ0v) is 30.0. The van der Waals surface area contributed by atoms with Crippen molar-refractivity contribution in [1.29, 1.82) is 0 Å². The number of esters is 1. The van der Waals surface area contributed by atoms with Crippen LogP contribution in [0.4, 0.5) is 10.5 Å². The van der Waals surface area contributed by atoms with Crippen LogP contribution >= 0.6 is 0 Å². The van der Waals surface area contributed by atoms with Crippen LogP contribution in [0.25, 0.3) is 11.6 Å². The minimum absolute atomic E-state index is 0.0683. The number of benzene rings is 2. The molecule has 2 aromatic carbocycles. The van der Waals surface area contributed by atoms with Crippen molar-refractivity contribution in [3.8, 4) is 0 Å². The third kappa shape index (κ3) is 8.73. The number of alkyl carbamates (subject to hydrolysis) is 1. The summed E-state index contributed by atoms with van der Waals surface area (Å²) in [5.74, 6) is -0.426. The lowest BCUT2D eigenvalue weighted by Gasteiger charge is -2.31. The second-order valence-corrected chi connectivity index (χ2v) is 15.4. The highest BCUT2D eigenvalue weighted by atomic mass is 32.2. The van der Waals surface area contributed by atoms with Crippen LogP contribution < -0.4 is 10.6 Å². The van der Waals surface area contributed by atoms with E-state index in [-0.39, 0.29) is 55.0 Å². The number of furan rings is 1. The summed E-state index contributed by atoms with van der Waals surface area (Å²) in [5, 5.41) is 17.2. The summed E-state index contributed by atoms with van der Waals surface area (Å²) < 4.78 is 57.3. The molecule has 52 heavy (non-hydrogen) atoms. The number of hydrogen-bond donors (Lipinski definition) is 3. The van der Waals surface area contributed by atoms with Gasteiger partial charge in [-0.25, -0.2) is 13.2 Å². The third-order valence-corrected chi connectivity index (χ3v) is 10.9. The van der Waals surface area contributed by atoms with Gasteiger partial charge in [0.2, 0.25) is 10.0 Å². The molecule has 15 heteroatoms. The maximum atomic E-state index is 14.3. The molecule has 0 saturated carbocycles. The van der Waals surface area contributed by atoms with E-state index in [1.54, 1.807) is 12.1 Å². The van der Waals surface area contributed by atoms with Gasteiger partial charge in [-0.1, -0.05) is 44.2 Å². The summed E-state index contributed by atoms with van der Waals surface area (Å²) in [6.07, 6.45) is -0.598. The Morgan fingerprint density at radius 1 is 1.10 bits per heavy atom. The molecule has 0 spiro atoms. The number of hydrogen-bond acceptors (Lipinski definition) is 11. The highest BCUT2D eigenvalue weighted by Gasteiger charge is 2.44. The van der Waals surface area contributed by atoms with Gasteiger partial charge in [0.15, 0.2) is 6.29 Å². The number of nitrogens with one attached hydrogen (secondary N) is 2. The first-order valence-electron chi connectivity index (χ1n) is 17.2. The van der Waals surface area contributed by atoms with Crippen molar-refractivity contribution in [2.45, 2.75) is 69.7 Å². The monoisotopic (exact) mass is 737 g/mol. The highest BCUT2D eigenvalue weighted by molar-refractivity contribution is 7.89. The Kier molecular flexibility index (Phi) is 11.5. The van der Waals surface area contributed by atoms with Crippen LogP contribution in [0.1, 0.15) is 49.8 Å². The van der Waals surface area contributed by atoms with Gasteiger partial charge in [0.1, 0.15) is 24.2 Å². The number of carbonyl (C=O) groups excluding carboxylic acids is 3. The highest BCUT2D eigenvalue weighted by Crippen LogP contribution is 2.36. The van der Waals surface area contributed by atoms with Gasteiger partial charge in [0.05, 0.1) is 41.7 Å². The molecule has 4 heterocycles. The average Bonchev–Trinajstić information content (AvgIpc) is 3.90. The van der Waals surface area contributed by atoms with Crippen LogP contribution in [-0.2, 0) is 51.6 Å². The lowest BCUT2D eigenvalue weighted by atomic mass is 10.0. The summed E-state index contributed by atoms with van der Waals surface area (Å²) in [6.45, 7) is 5.38. The normalized spacial score (nSPS) is 21.5. The number of ether oxygens (including phenoxy) is 4. The lowest BCUT2D eigenvalue weighted by Crippen LogP contribution is -2.51. The van der Waals surface area contributed by atoms with Crippen molar-refractivity contribution in [3.05, 3.63) is 83.3 Å². The number of anilines is 1. The smallest absolute Gasteiger partial charge is 0.407 e. The molecule has 2 amide bonds. The number of aliphatic hydroxyl groups excluding tert-OH is 1. The van der Waals surface area contributed by atoms with Gasteiger partial charge < -0.3 is 39.1 Å². The van der Waals surface area contributed by atoms with Crippen molar-refractivity contribution in [2.24, 2.45) is 11.8 Å². The van der Waals surface area contributed by atoms with Crippen LogP contribution in [0.2, 0.25) is 0 Å². The molecule has 3 aliphatic heterocycles. The Morgan fingerprint density at radius 2 is 1.88 bits per heavy atom. The van der Waals surface area contributed by atoms with Crippen molar-refractivity contribution < 1.29 is 51.3 Å². The number of rotatable bonds is 14. The predicted molar refractivity (Wildman–Crippen MR) is 188 cm³/mol. The second-order valence-electron chi connectivity index (χ2n) is 13.5.